The fourth-order valence-electron chi connectivity index (χ4n) is 2.91. The van der Waals surface area contributed by atoms with Crippen molar-refractivity contribution in [1.82, 2.24) is 14.5 Å². The van der Waals surface area contributed by atoms with Gasteiger partial charge in [0.15, 0.2) is 5.82 Å². The molecule has 19 heavy (non-hydrogen) atoms. The SMILES string of the molecule is CN1CCCCC1Cn1c(N)nc2c(F)cccc21. The van der Waals surface area contributed by atoms with Crippen molar-refractivity contribution in [2.75, 3.05) is 19.3 Å². The van der Waals surface area contributed by atoms with Crippen molar-refractivity contribution in [2.45, 2.75) is 31.8 Å². The van der Waals surface area contributed by atoms with Gasteiger partial charge in [-0.25, -0.2) is 9.37 Å². The molecule has 2 heterocycles. The smallest absolute Gasteiger partial charge is 0.201 e. The molecule has 1 aromatic heterocycles. The number of hydrogen-bond acceptors (Lipinski definition) is 3. The van der Waals surface area contributed by atoms with Gasteiger partial charge in [0, 0.05) is 12.6 Å². The normalized spacial score (nSPS) is 21.1. The van der Waals surface area contributed by atoms with E-state index in [1.54, 1.807) is 6.07 Å². The van der Waals surface area contributed by atoms with Crippen LogP contribution in [0.4, 0.5) is 10.3 Å². The van der Waals surface area contributed by atoms with Crippen molar-refractivity contribution in [1.29, 1.82) is 0 Å². The Kier molecular flexibility index (Phi) is 3.14. The van der Waals surface area contributed by atoms with E-state index in [1.165, 1.54) is 18.9 Å². The number of fused-ring (bicyclic) bond motifs is 1. The van der Waals surface area contributed by atoms with E-state index in [1.807, 2.05) is 10.6 Å². The maximum absolute atomic E-state index is 13.7. The Morgan fingerprint density at radius 1 is 1.42 bits per heavy atom. The molecule has 1 aromatic carbocycles. The first kappa shape index (κ1) is 12.4. The number of nitrogens with two attached hydrogens (primary N) is 1. The van der Waals surface area contributed by atoms with Gasteiger partial charge < -0.3 is 15.2 Å². The van der Waals surface area contributed by atoms with Crippen LogP contribution in [0.1, 0.15) is 19.3 Å². The average Bonchev–Trinajstić information content (AvgIpc) is 2.71. The Bertz CT molecular complexity index is 592. The maximum Gasteiger partial charge on any atom is 0.201 e. The minimum absolute atomic E-state index is 0.306. The minimum atomic E-state index is -0.306. The summed E-state index contributed by atoms with van der Waals surface area (Å²) < 4.78 is 15.6. The van der Waals surface area contributed by atoms with Crippen LogP contribution in [-0.4, -0.2) is 34.1 Å². The first-order valence-electron chi connectivity index (χ1n) is 6.77. The molecule has 1 fully saturated rings. The third-order valence-corrected chi connectivity index (χ3v) is 4.07. The summed E-state index contributed by atoms with van der Waals surface area (Å²) in [6.07, 6.45) is 3.66. The van der Waals surface area contributed by atoms with Gasteiger partial charge in [-0.15, -0.1) is 0 Å². The Labute approximate surface area is 112 Å². The molecule has 0 spiro atoms. The number of anilines is 1. The number of hydrogen-bond donors (Lipinski definition) is 1. The van der Waals surface area contributed by atoms with Crippen LogP contribution >= 0.6 is 0 Å². The highest BCUT2D eigenvalue weighted by molar-refractivity contribution is 5.78. The number of likely N-dealkylation sites (tertiary alicyclic amines) is 1. The topological polar surface area (TPSA) is 47.1 Å². The predicted octanol–water partition coefficient (Wildman–Crippen LogP) is 2.24. The summed E-state index contributed by atoms with van der Waals surface area (Å²) in [5, 5.41) is 0. The van der Waals surface area contributed by atoms with Crippen molar-refractivity contribution in [3.63, 3.8) is 0 Å². The van der Waals surface area contributed by atoms with Crippen LogP contribution in [0.5, 0.6) is 0 Å². The second kappa shape index (κ2) is 4.81. The molecule has 1 saturated heterocycles. The molecule has 1 unspecified atom stereocenters. The molecule has 102 valence electrons. The number of piperidine rings is 1. The van der Waals surface area contributed by atoms with E-state index in [2.05, 4.69) is 16.9 Å². The largest absolute Gasteiger partial charge is 0.369 e. The monoisotopic (exact) mass is 262 g/mol. The Morgan fingerprint density at radius 3 is 3.05 bits per heavy atom. The van der Waals surface area contributed by atoms with Gasteiger partial charge in [0.2, 0.25) is 5.95 Å². The summed E-state index contributed by atoms with van der Waals surface area (Å²) in [5.41, 5.74) is 7.11. The third kappa shape index (κ3) is 2.18. The van der Waals surface area contributed by atoms with Crippen LogP contribution in [0.2, 0.25) is 0 Å². The minimum Gasteiger partial charge on any atom is -0.369 e. The van der Waals surface area contributed by atoms with E-state index in [0.717, 1.165) is 25.0 Å². The molecule has 5 heteroatoms. The fraction of sp³-hybridized carbons (Fsp3) is 0.500. The first-order valence-corrected chi connectivity index (χ1v) is 6.77. The summed E-state index contributed by atoms with van der Waals surface area (Å²) in [4.78, 5) is 6.51. The van der Waals surface area contributed by atoms with Gasteiger partial charge in [0.25, 0.3) is 0 Å². The van der Waals surface area contributed by atoms with Crippen LogP contribution in [-0.2, 0) is 6.54 Å². The Hall–Kier alpha value is -1.62. The lowest BCUT2D eigenvalue weighted by molar-refractivity contribution is 0.169. The highest BCUT2D eigenvalue weighted by Gasteiger charge is 2.21. The second-order valence-electron chi connectivity index (χ2n) is 5.32. The van der Waals surface area contributed by atoms with Gasteiger partial charge in [-0.3, -0.25) is 0 Å². The predicted molar refractivity (Wildman–Crippen MR) is 74.4 cm³/mol. The van der Waals surface area contributed by atoms with E-state index in [0.29, 0.717) is 17.5 Å². The van der Waals surface area contributed by atoms with Gasteiger partial charge in [-0.05, 0) is 38.6 Å². The van der Waals surface area contributed by atoms with E-state index < -0.39 is 0 Å². The maximum atomic E-state index is 13.7. The van der Waals surface area contributed by atoms with Crippen LogP contribution in [0.3, 0.4) is 0 Å². The zero-order valence-corrected chi connectivity index (χ0v) is 11.1. The zero-order chi connectivity index (χ0) is 13.4. The quantitative estimate of drug-likeness (QED) is 0.903. The summed E-state index contributed by atoms with van der Waals surface area (Å²) in [6.45, 7) is 1.90. The number of para-hydroxylation sites is 1. The molecule has 2 aromatic rings. The van der Waals surface area contributed by atoms with Crippen molar-refractivity contribution in [3.8, 4) is 0 Å². The number of imidazole rings is 1. The number of rotatable bonds is 2. The molecular formula is C14H19FN4. The van der Waals surface area contributed by atoms with Crippen molar-refractivity contribution < 1.29 is 4.39 Å². The molecule has 0 radical (unpaired) electrons. The Morgan fingerprint density at radius 2 is 2.26 bits per heavy atom. The lowest BCUT2D eigenvalue weighted by Crippen LogP contribution is -2.39. The lowest BCUT2D eigenvalue weighted by Gasteiger charge is -2.32. The molecular weight excluding hydrogens is 243 g/mol. The van der Waals surface area contributed by atoms with Gasteiger partial charge in [0.1, 0.15) is 5.52 Å². The van der Waals surface area contributed by atoms with E-state index in [4.69, 9.17) is 5.73 Å². The number of halogens is 1. The van der Waals surface area contributed by atoms with Crippen LogP contribution < -0.4 is 5.73 Å². The number of nitrogens with zero attached hydrogens (tertiary/aromatic N) is 3. The number of nitrogen functional groups attached to an aromatic ring is 1. The van der Waals surface area contributed by atoms with Crippen LogP contribution in [0.15, 0.2) is 18.2 Å². The summed E-state index contributed by atoms with van der Waals surface area (Å²) >= 11 is 0. The summed E-state index contributed by atoms with van der Waals surface area (Å²) in [7, 11) is 2.14. The highest BCUT2D eigenvalue weighted by Crippen LogP contribution is 2.24. The summed E-state index contributed by atoms with van der Waals surface area (Å²) in [6, 6.07) is 5.47. The molecule has 2 N–H and O–H groups in total. The second-order valence-corrected chi connectivity index (χ2v) is 5.32. The van der Waals surface area contributed by atoms with Crippen LogP contribution in [0, 0.1) is 5.82 Å². The van der Waals surface area contributed by atoms with Gasteiger partial charge in [-0.2, -0.15) is 0 Å². The molecule has 1 atom stereocenters. The molecule has 0 saturated carbocycles. The average molecular weight is 262 g/mol. The van der Waals surface area contributed by atoms with E-state index in [9.17, 15) is 4.39 Å². The first-order chi connectivity index (χ1) is 9.16. The molecule has 1 aliphatic heterocycles. The van der Waals surface area contributed by atoms with Gasteiger partial charge in [-0.1, -0.05) is 12.5 Å². The van der Waals surface area contributed by atoms with Gasteiger partial charge in [0.05, 0.1) is 5.52 Å². The van der Waals surface area contributed by atoms with Crippen molar-refractivity contribution in [2.24, 2.45) is 0 Å². The van der Waals surface area contributed by atoms with Crippen molar-refractivity contribution in [3.05, 3.63) is 24.0 Å². The molecule has 4 nitrogen and oxygen atoms in total. The number of likely N-dealkylation sites (N-methyl/N-ethyl adjacent to an activating group) is 1. The number of benzene rings is 1. The standard InChI is InChI=1S/C14H19FN4/c1-18-8-3-2-5-10(18)9-19-12-7-4-6-11(15)13(12)17-14(19)16/h4,6-7,10H,2-3,5,8-9H2,1H3,(H2,16,17). The molecule has 3 rings (SSSR count). The van der Waals surface area contributed by atoms with Gasteiger partial charge >= 0.3 is 0 Å². The van der Waals surface area contributed by atoms with E-state index in [-0.39, 0.29) is 5.82 Å². The molecule has 0 amide bonds. The molecule has 0 aliphatic carbocycles. The highest BCUT2D eigenvalue weighted by atomic mass is 19.1. The Balaban J connectivity index is 1.96. The fourth-order valence-corrected chi connectivity index (χ4v) is 2.91. The lowest BCUT2D eigenvalue weighted by atomic mass is 10.0. The molecule has 1 aliphatic rings. The van der Waals surface area contributed by atoms with E-state index >= 15 is 0 Å². The summed E-state index contributed by atoms with van der Waals surface area (Å²) in [5.74, 6) is 0.0963. The number of aromatic nitrogens is 2. The van der Waals surface area contributed by atoms with Crippen molar-refractivity contribution >= 4 is 17.0 Å². The molecule has 0 bridgehead atoms. The zero-order valence-electron chi connectivity index (χ0n) is 11.1. The van der Waals surface area contributed by atoms with Crippen LogP contribution in [0.25, 0.3) is 11.0 Å². The third-order valence-electron chi connectivity index (χ3n) is 4.07.